The minimum Gasteiger partial charge on any atom is -0.497 e. The third kappa shape index (κ3) is 5.78. The maximum atomic E-state index is 12.7. The summed E-state index contributed by atoms with van der Waals surface area (Å²) in [6.45, 7) is 3.84. The summed E-state index contributed by atoms with van der Waals surface area (Å²) in [6, 6.07) is 14.2. The second kappa shape index (κ2) is 10.9. The number of ether oxygens (including phenoxy) is 2. The number of hydrogen-bond acceptors (Lipinski definition) is 6. The summed E-state index contributed by atoms with van der Waals surface area (Å²) in [7, 11) is 3.37. The van der Waals surface area contributed by atoms with Crippen molar-refractivity contribution in [1.82, 2.24) is 10.2 Å². The third-order valence-corrected chi connectivity index (χ3v) is 6.73. The van der Waals surface area contributed by atoms with Gasteiger partial charge in [0, 0.05) is 55.6 Å². The van der Waals surface area contributed by atoms with E-state index in [-0.39, 0.29) is 5.91 Å². The molecule has 2 aromatic carbocycles. The van der Waals surface area contributed by atoms with E-state index < -0.39 is 6.10 Å². The average molecular weight is 454 g/mol. The van der Waals surface area contributed by atoms with Gasteiger partial charge in [-0.05, 0) is 68.1 Å². The van der Waals surface area contributed by atoms with Crippen molar-refractivity contribution in [3.8, 4) is 11.5 Å². The van der Waals surface area contributed by atoms with Gasteiger partial charge in [0.1, 0.15) is 11.5 Å². The Morgan fingerprint density at radius 3 is 2.45 bits per heavy atom. The van der Waals surface area contributed by atoms with Crippen molar-refractivity contribution in [2.75, 3.05) is 45.3 Å². The first kappa shape index (κ1) is 23.4. The van der Waals surface area contributed by atoms with Crippen LogP contribution in [0.15, 0.2) is 42.5 Å². The smallest absolute Gasteiger partial charge is 0.253 e. The number of carbonyl (C=O) groups excluding carboxylic acids is 1. The number of β-amino-alcohol motifs (C(OH)–C–C–N with tert-alkyl or cyclic N) is 1. The molecule has 2 fully saturated rings. The van der Waals surface area contributed by atoms with E-state index in [4.69, 9.17) is 9.47 Å². The summed E-state index contributed by atoms with van der Waals surface area (Å²) in [5.41, 5.74) is 2.94. The van der Waals surface area contributed by atoms with Crippen molar-refractivity contribution in [3.05, 3.63) is 53.6 Å². The predicted octanol–water partition coefficient (Wildman–Crippen LogP) is 3.06. The number of likely N-dealkylation sites (tertiary alicyclic amines) is 1. The van der Waals surface area contributed by atoms with Crippen LogP contribution in [0.3, 0.4) is 0 Å². The van der Waals surface area contributed by atoms with Crippen LogP contribution in [0, 0.1) is 0 Å². The zero-order chi connectivity index (χ0) is 23.2. The quantitative estimate of drug-likeness (QED) is 0.671. The lowest BCUT2D eigenvalue weighted by Gasteiger charge is -2.34. The van der Waals surface area contributed by atoms with E-state index in [1.165, 1.54) is 0 Å². The number of anilines is 1. The van der Waals surface area contributed by atoms with Gasteiger partial charge in [-0.2, -0.15) is 0 Å². The molecule has 1 atom stereocenters. The number of hydrogen-bond donors (Lipinski definition) is 2. The Hall–Kier alpha value is -2.77. The Kier molecular flexibility index (Phi) is 7.73. The Morgan fingerprint density at radius 2 is 1.79 bits per heavy atom. The van der Waals surface area contributed by atoms with E-state index in [1.54, 1.807) is 19.1 Å². The molecule has 0 spiro atoms. The molecule has 0 unspecified atom stereocenters. The molecule has 33 heavy (non-hydrogen) atoms. The number of methoxy groups -OCH3 is 2. The minimum atomic E-state index is -0.401. The number of aliphatic hydroxyl groups excluding tert-OH is 1. The summed E-state index contributed by atoms with van der Waals surface area (Å²) < 4.78 is 10.8. The van der Waals surface area contributed by atoms with Gasteiger partial charge < -0.3 is 29.7 Å². The topological polar surface area (TPSA) is 74.3 Å². The number of aliphatic hydroxyl groups is 1. The lowest BCUT2D eigenvalue weighted by Crippen LogP contribution is -2.42. The fourth-order valence-electron chi connectivity index (χ4n) is 4.75. The highest BCUT2D eigenvalue weighted by Crippen LogP contribution is 2.25. The van der Waals surface area contributed by atoms with Gasteiger partial charge >= 0.3 is 0 Å². The minimum absolute atomic E-state index is 0.0104. The van der Waals surface area contributed by atoms with Crippen molar-refractivity contribution in [2.24, 2.45) is 0 Å². The van der Waals surface area contributed by atoms with Crippen LogP contribution in [-0.4, -0.2) is 68.5 Å². The number of rotatable bonds is 7. The van der Waals surface area contributed by atoms with E-state index in [9.17, 15) is 9.90 Å². The zero-order valence-electron chi connectivity index (χ0n) is 19.6. The lowest BCUT2D eigenvalue weighted by atomic mass is 10.0. The van der Waals surface area contributed by atoms with Gasteiger partial charge in [-0.25, -0.2) is 0 Å². The first-order valence-electron chi connectivity index (χ1n) is 11.8. The highest BCUT2D eigenvalue weighted by atomic mass is 16.5. The molecule has 7 nitrogen and oxygen atoms in total. The molecule has 2 N–H and O–H groups in total. The molecule has 2 aliphatic rings. The Morgan fingerprint density at radius 1 is 1.03 bits per heavy atom. The molecule has 2 aliphatic heterocycles. The van der Waals surface area contributed by atoms with Crippen LogP contribution in [0.5, 0.6) is 11.5 Å². The molecular weight excluding hydrogens is 418 g/mol. The number of carbonyl (C=O) groups is 1. The standard InChI is InChI=1S/C26H35N3O4/c1-32-24-9-10-25(33-2)20(16-24)17-27-21-11-14-28(15-12-21)22-7-5-19(6-8-22)26(31)29-13-3-4-23(30)18-29/h5-10,16,21,23,27,30H,3-4,11-15,17-18H2,1-2H3/t23-/m1/s1. The van der Waals surface area contributed by atoms with Gasteiger partial charge in [-0.3, -0.25) is 4.79 Å². The van der Waals surface area contributed by atoms with Crippen molar-refractivity contribution >= 4 is 11.6 Å². The highest BCUT2D eigenvalue weighted by Gasteiger charge is 2.24. The average Bonchev–Trinajstić information content (AvgIpc) is 2.87. The molecular formula is C26H35N3O4. The molecule has 7 heteroatoms. The summed E-state index contributed by atoms with van der Waals surface area (Å²) in [4.78, 5) is 16.9. The van der Waals surface area contributed by atoms with E-state index in [0.717, 1.165) is 74.6 Å². The van der Waals surface area contributed by atoms with E-state index >= 15 is 0 Å². The van der Waals surface area contributed by atoms with Gasteiger partial charge in [0.2, 0.25) is 0 Å². The SMILES string of the molecule is COc1ccc(OC)c(CNC2CCN(c3ccc(C(=O)N4CCC[C@@H](O)C4)cc3)CC2)c1. The van der Waals surface area contributed by atoms with Gasteiger partial charge in [-0.1, -0.05) is 0 Å². The summed E-state index contributed by atoms with van der Waals surface area (Å²) in [6.07, 6.45) is 3.35. The molecule has 0 bridgehead atoms. The third-order valence-electron chi connectivity index (χ3n) is 6.73. The molecule has 178 valence electrons. The maximum Gasteiger partial charge on any atom is 0.253 e. The number of piperidine rings is 2. The fraction of sp³-hybridized carbons (Fsp3) is 0.500. The molecule has 0 saturated carbocycles. The second-order valence-electron chi connectivity index (χ2n) is 8.91. The van der Waals surface area contributed by atoms with Crippen molar-refractivity contribution in [3.63, 3.8) is 0 Å². The fourth-order valence-corrected chi connectivity index (χ4v) is 4.75. The van der Waals surface area contributed by atoms with Crippen molar-refractivity contribution in [2.45, 2.75) is 44.4 Å². The highest BCUT2D eigenvalue weighted by molar-refractivity contribution is 5.94. The Labute approximate surface area is 196 Å². The summed E-state index contributed by atoms with van der Waals surface area (Å²) in [5.74, 6) is 1.71. The molecule has 0 aliphatic carbocycles. The normalized spacial score (nSPS) is 19.4. The number of nitrogens with one attached hydrogen (secondary N) is 1. The van der Waals surface area contributed by atoms with Crippen LogP contribution in [-0.2, 0) is 6.54 Å². The predicted molar refractivity (Wildman–Crippen MR) is 129 cm³/mol. The molecule has 1 amide bonds. The molecule has 2 aromatic rings. The monoisotopic (exact) mass is 453 g/mol. The van der Waals surface area contributed by atoms with Crippen LogP contribution in [0.25, 0.3) is 0 Å². The molecule has 0 aromatic heterocycles. The lowest BCUT2D eigenvalue weighted by molar-refractivity contribution is 0.0474. The maximum absolute atomic E-state index is 12.7. The Bertz CT molecular complexity index is 926. The van der Waals surface area contributed by atoms with Crippen LogP contribution in [0.4, 0.5) is 5.69 Å². The van der Waals surface area contributed by atoms with Gasteiger partial charge in [0.25, 0.3) is 5.91 Å². The summed E-state index contributed by atoms with van der Waals surface area (Å²) >= 11 is 0. The first-order valence-corrected chi connectivity index (χ1v) is 11.8. The van der Waals surface area contributed by atoms with Crippen LogP contribution in [0.2, 0.25) is 0 Å². The molecule has 2 saturated heterocycles. The number of nitrogens with zero attached hydrogens (tertiary/aromatic N) is 2. The van der Waals surface area contributed by atoms with E-state index in [1.807, 2.05) is 42.5 Å². The molecule has 2 heterocycles. The van der Waals surface area contributed by atoms with Gasteiger partial charge in [0.05, 0.1) is 20.3 Å². The van der Waals surface area contributed by atoms with Crippen LogP contribution < -0.4 is 19.7 Å². The van der Waals surface area contributed by atoms with E-state index in [2.05, 4.69) is 10.2 Å². The van der Waals surface area contributed by atoms with Crippen molar-refractivity contribution in [1.29, 1.82) is 0 Å². The first-order chi connectivity index (χ1) is 16.1. The van der Waals surface area contributed by atoms with Crippen molar-refractivity contribution < 1.29 is 19.4 Å². The second-order valence-corrected chi connectivity index (χ2v) is 8.91. The zero-order valence-corrected chi connectivity index (χ0v) is 19.6. The number of benzene rings is 2. The molecule has 0 radical (unpaired) electrons. The van der Waals surface area contributed by atoms with Gasteiger partial charge in [0.15, 0.2) is 0 Å². The van der Waals surface area contributed by atoms with Gasteiger partial charge in [-0.15, -0.1) is 0 Å². The number of amides is 1. The molecule has 4 rings (SSSR count). The largest absolute Gasteiger partial charge is 0.497 e. The summed E-state index contributed by atoms with van der Waals surface area (Å²) in [5, 5.41) is 13.5. The van der Waals surface area contributed by atoms with Crippen LogP contribution in [0.1, 0.15) is 41.6 Å². The Balaban J connectivity index is 1.28. The van der Waals surface area contributed by atoms with E-state index in [0.29, 0.717) is 18.2 Å². The van der Waals surface area contributed by atoms with Crippen LogP contribution >= 0.6 is 0 Å².